The fourth-order valence-corrected chi connectivity index (χ4v) is 1.88. The highest BCUT2D eigenvalue weighted by Crippen LogP contribution is 2.17. The van der Waals surface area contributed by atoms with Gasteiger partial charge in [0.25, 0.3) is 0 Å². The van der Waals surface area contributed by atoms with Crippen molar-refractivity contribution < 1.29 is 14.7 Å². The SMILES string of the molecule is CCN(CCC#N)C(=O)Nc1ccccc1CCC(=O)O. The van der Waals surface area contributed by atoms with E-state index in [4.69, 9.17) is 10.4 Å². The van der Waals surface area contributed by atoms with Crippen LogP contribution in [0.3, 0.4) is 0 Å². The van der Waals surface area contributed by atoms with Gasteiger partial charge in [-0.05, 0) is 25.0 Å². The van der Waals surface area contributed by atoms with E-state index in [1.165, 1.54) is 4.90 Å². The monoisotopic (exact) mass is 289 g/mol. The van der Waals surface area contributed by atoms with Gasteiger partial charge in [-0.15, -0.1) is 0 Å². The molecule has 0 unspecified atom stereocenters. The number of aliphatic carboxylic acids is 1. The molecule has 0 saturated heterocycles. The third-order valence-electron chi connectivity index (χ3n) is 3.03. The van der Waals surface area contributed by atoms with Crippen molar-refractivity contribution in [3.05, 3.63) is 29.8 Å². The molecular formula is C15H19N3O3. The van der Waals surface area contributed by atoms with Crippen LogP contribution in [0.4, 0.5) is 10.5 Å². The van der Waals surface area contributed by atoms with Crippen molar-refractivity contribution in [1.29, 1.82) is 5.26 Å². The Morgan fingerprint density at radius 1 is 1.38 bits per heavy atom. The maximum Gasteiger partial charge on any atom is 0.321 e. The second-order valence-electron chi connectivity index (χ2n) is 4.47. The number of aryl methyl sites for hydroxylation is 1. The fourth-order valence-electron chi connectivity index (χ4n) is 1.88. The minimum absolute atomic E-state index is 0.0127. The van der Waals surface area contributed by atoms with E-state index in [2.05, 4.69) is 5.32 Å². The number of nitriles is 1. The molecular weight excluding hydrogens is 270 g/mol. The molecule has 0 aromatic heterocycles. The number of rotatable bonds is 7. The normalized spacial score (nSPS) is 9.71. The minimum atomic E-state index is -0.875. The molecule has 0 atom stereocenters. The van der Waals surface area contributed by atoms with Crippen LogP contribution in [-0.2, 0) is 11.2 Å². The van der Waals surface area contributed by atoms with E-state index in [-0.39, 0.29) is 18.9 Å². The number of carboxylic acids is 1. The molecule has 2 N–H and O–H groups in total. The summed E-state index contributed by atoms with van der Waals surface area (Å²) in [7, 11) is 0. The molecule has 21 heavy (non-hydrogen) atoms. The maximum absolute atomic E-state index is 12.1. The molecule has 0 radical (unpaired) electrons. The van der Waals surface area contributed by atoms with Crippen molar-refractivity contribution in [2.45, 2.75) is 26.2 Å². The number of carbonyl (C=O) groups is 2. The molecule has 0 saturated carbocycles. The van der Waals surface area contributed by atoms with Gasteiger partial charge < -0.3 is 15.3 Å². The zero-order chi connectivity index (χ0) is 15.7. The summed E-state index contributed by atoms with van der Waals surface area (Å²) in [6, 6.07) is 8.85. The van der Waals surface area contributed by atoms with Gasteiger partial charge >= 0.3 is 12.0 Å². The van der Waals surface area contributed by atoms with Crippen molar-refractivity contribution in [1.82, 2.24) is 4.90 Å². The van der Waals surface area contributed by atoms with E-state index >= 15 is 0 Å². The number of amides is 2. The molecule has 112 valence electrons. The summed E-state index contributed by atoms with van der Waals surface area (Å²) in [5, 5.41) is 20.1. The Balaban J connectivity index is 2.74. The Kier molecular flexibility index (Phi) is 6.75. The fraction of sp³-hybridized carbons (Fsp3) is 0.400. The molecule has 1 aromatic rings. The predicted molar refractivity (Wildman–Crippen MR) is 78.9 cm³/mol. The molecule has 0 aliphatic heterocycles. The lowest BCUT2D eigenvalue weighted by Crippen LogP contribution is -2.35. The lowest BCUT2D eigenvalue weighted by Gasteiger charge is -2.21. The zero-order valence-corrected chi connectivity index (χ0v) is 12.0. The van der Waals surface area contributed by atoms with Crippen molar-refractivity contribution in [2.75, 3.05) is 18.4 Å². The topological polar surface area (TPSA) is 93.4 Å². The molecule has 6 heteroatoms. The third kappa shape index (κ3) is 5.53. The van der Waals surface area contributed by atoms with Gasteiger partial charge in [0.2, 0.25) is 0 Å². The quantitative estimate of drug-likeness (QED) is 0.806. The van der Waals surface area contributed by atoms with Gasteiger partial charge in [-0.1, -0.05) is 18.2 Å². The van der Waals surface area contributed by atoms with Crippen LogP contribution in [0, 0.1) is 11.3 Å². The summed E-state index contributed by atoms with van der Waals surface area (Å²) < 4.78 is 0. The van der Waals surface area contributed by atoms with E-state index in [0.717, 1.165) is 5.56 Å². The molecule has 0 bridgehead atoms. The van der Waals surface area contributed by atoms with Crippen LogP contribution in [0.25, 0.3) is 0 Å². The van der Waals surface area contributed by atoms with Crippen LogP contribution in [0.5, 0.6) is 0 Å². The molecule has 0 aliphatic carbocycles. The van der Waals surface area contributed by atoms with Crippen LogP contribution in [0.2, 0.25) is 0 Å². The van der Waals surface area contributed by atoms with Gasteiger partial charge in [0.05, 0.1) is 12.5 Å². The number of hydrogen-bond donors (Lipinski definition) is 2. The summed E-state index contributed by atoms with van der Waals surface area (Å²) in [6.45, 7) is 2.72. The Hall–Kier alpha value is -2.55. The highest BCUT2D eigenvalue weighted by molar-refractivity contribution is 5.90. The van der Waals surface area contributed by atoms with Crippen LogP contribution in [0.15, 0.2) is 24.3 Å². The van der Waals surface area contributed by atoms with Gasteiger partial charge in [0.15, 0.2) is 0 Å². The number of carboxylic acid groups (broad SMARTS) is 1. The van der Waals surface area contributed by atoms with Crippen LogP contribution in [0.1, 0.15) is 25.3 Å². The summed E-state index contributed by atoms with van der Waals surface area (Å²) >= 11 is 0. The third-order valence-corrected chi connectivity index (χ3v) is 3.03. The number of urea groups is 1. The van der Waals surface area contributed by atoms with E-state index in [9.17, 15) is 9.59 Å². The van der Waals surface area contributed by atoms with Gasteiger partial charge in [-0.2, -0.15) is 5.26 Å². The second-order valence-corrected chi connectivity index (χ2v) is 4.47. The first-order chi connectivity index (χ1) is 10.1. The minimum Gasteiger partial charge on any atom is -0.481 e. The Labute approximate surface area is 124 Å². The second kappa shape index (κ2) is 8.59. The Bertz CT molecular complexity index is 537. The number of anilines is 1. The van der Waals surface area contributed by atoms with Crippen molar-refractivity contribution >= 4 is 17.7 Å². The van der Waals surface area contributed by atoms with E-state index in [1.54, 1.807) is 24.3 Å². The van der Waals surface area contributed by atoms with Gasteiger partial charge in [0, 0.05) is 25.2 Å². The average molecular weight is 289 g/mol. The summed E-state index contributed by atoms with van der Waals surface area (Å²) in [5.74, 6) is -0.875. The first kappa shape index (κ1) is 16.5. The molecule has 0 spiro atoms. The highest BCUT2D eigenvalue weighted by Gasteiger charge is 2.13. The Morgan fingerprint density at radius 2 is 2.10 bits per heavy atom. The van der Waals surface area contributed by atoms with Crippen molar-refractivity contribution in [3.63, 3.8) is 0 Å². The molecule has 6 nitrogen and oxygen atoms in total. The molecule has 2 amide bonds. The average Bonchev–Trinajstić information content (AvgIpc) is 2.47. The van der Waals surface area contributed by atoms with E-state index in [1.807, 2.05) is 13.0 Å². The number of carbonyl (C=O) groups excluding carboxylic acids is 1. The number of hydrogen-bond acceptors (Lipinski definition) is 3. The number of nitrogens with zero attached hydrogens (tertiary/aromatic N) is 2. The lowest BCUT2D eigenvalue weighted by molar-refractivity contribution is -0.136. The molecule has 0 aliphatic rings. The van der Waals surface area contributed by atoms with E-state index in [0.29, 0.717) is 25.2 Å². The van der Waals surface area contributed by atoms with Crippen molar-refractivity contribution in [3.8, 4) is 6.07 Å². The Morgan fingerprint density at radius 3 is 2.71 bits per heavy atom. The largest absolute Gasteiger partial charge is 0.481 e. The van der Waals surface area contributed by atoms with Crippen LogP contribution < -0.4 is 5.32 Å². The maximum atomic E-state index is 12.1. The first-order valence-corrected chi connectivity index (χ1v) is 6.81. The molecule has 0 fully saturated rings. The highest BCUT2D eigenvalue weighted by atomic mass is 16.4. The summed E-state index contributed by atoms with van der Waals surface area (Å²) in [5.41, 5.74) is 1.39. The number of para-hydroxylation sites is 1. The summed E-state index contributed by atoms with van der Waals surface area (Å²) in [6.07, 6.45) is 0.650. The van der Waals surface area contributed by atoms with Crippen molar-refractivity contribution in [2.24, 2.45) is 0 Å². The molecule has 1 rings (SSSR count). The first-order valence-electron chi connectivity index (χ1n) is 6.81. The molecule has 0 heterocycles. The van der Waals surface area contributed by atoms with Gasteiger partial charge in [0.1, 0.15) is 0 Å². The zero-order valence-electron chi connectivity index (χ0n) is 12.0. The predicted octanol–water partition coefficient (Wildman–Crippen LogP) is 2.47. The number of benzene rings is 1. The smallest absolute Gasteiger partial charge is 0.321 e. The number of nitrogens with one attached hydrogen (secondary N) is 1. The van der Waals surface area contributed by atoms with Crippen LogP contribution in [-0.4, -0.2) is 35.1 Å². The molecule has 1 aromatic carbocycles. The lowest BCUT2D eigenvalue weighted by atomic mass is 10.1. The van der Waals surface area contributed by atoms with Gasteiger partial charge in [-0.3, -0.25) is 4.79 Å². The summed E-state index contributed by atoms with van der Waals surface area (Å²) in [4.78, 5) is 24.3. The van der Waals surface area contributed by atoms with Gasteiger partial charge in [-0.25, -0.2) is 4.79 Å². The van der Waals surface area contributed by atoms with E-state index < -0.39 is 5.97 Å². The van der Waals surface area contributed by atoms with Crippen LogP contribution >= 0.6 is 0 Å². The standard InChI is InChI=1S/C15H19N3O3/c1-2-18(11-5-10-16)15(21)17-13-7-4-3-6-12(13)8-9-14(19)20/h3-4,6-7H,2,5,8-9,11H2,1H3,(H,17,21)(H,19,20).